The summed E-state index contributed by atoms with van der Waals surface area (Å²) >= 11 is 0. The number of rotatable bonds is 6. The fraction of sp³-hybridized carbons (Fsp3) is 0.750. The third-order valence-corrected chi connectivity index (χ3v) is 2.09. The maximum absolute atomic E-state index is 9.82. The van der Waals surface area contributed by atoms with Crippen LogP contribution in [0.5, 0.6) is 0 Å². The highest BCUT2D eigenvalue weighted by atomic mass is 16.5. The second-order valence-electron chi connectivity index (χ2n) is 5.55. The summed E-state index contributed by atoms with van der Waals surface area (Å²) in [6, 6.07) is 0. The van der Waals surface area contributed by atoms with Gasteiger partial charge in [0.15, 0.2) is 0 Å². The van der Waals surface area contributed by atoms with Gasteiger partial charge in [0.25, 0.3) is 0 Å². The minimum atomic E-state index is -0.211. The summed E-state index contributed by atoms with van der Waals surface area (Å²) < 4.78 is 26.4. The van der Waals surface area contributed by atoms with Crippen LogP contribution in [0.15, 0.2) is 0 Å². The molecule has 0 atom stereocenters. The summed E-state index contributed by atoms with van der Waals surface area (Å²) in [5.41, 5.74) is 0. The molecule has 13 nitrogen and oxygen atoms in total. The molecule has 37 heavy (non-hydrogen) atoms. The molecule has 0 aromatic carbocycles. The van der Waals surface area contributed by atoms with Gasteiger partial charge in [-0.2, -0.15) is 0 Å². The Labute approximate surface area is 221 Å². The van der Waals surface area contributed by atoms with Crippen LogP contribution in [0, 0.1) is 0 Å². The quantitative estimate of drug-likeness (QED) is 0.350. The Bertz CT molecular complexity index is 423. The topological polar surface area (TPSA) is 189 Å². The summed E-state index contributed by atoms with van der Waals surface area (Å²) in [6.45, 7) is 21.9. The van der Waals surface area contributed by atoms with Crippen molar-refractivity contribution < 1.29 is 62.7 Å². The lowest BCUT2D eigenvalue weighted by Gasteiger charge is -1.89. The Balaban J connectivity index is -0.0000000581. The molecule has 0 unspecified atom stereocenters. The first-order valence-electron chi connectivity index (χ1n) is 11.4. The molecule has 0 fully saturated rings. The lowest BCUT2D eigenvalue weighted by molar-refractivity contribution is -0.141. The van der Waals surface area contributed by atoms with Gasteiger partial charge >= 0.3 is 35.8 Å². The first-order valence-corrected chi connectivity index (χ1v) is 11.4. The molecule has 0 aliphatic carbocycles. The van der Waals surface area contributed by atoms with E-state index in [1.165, 1.54) is 41.5 Å². The average molecular weight is 547 g/mol. The largest absolute Gasteiger partial charge is 0.466 e. The summed E-state index contributed by atoms with van der Waals surface area (Å²) in [5, 5.41) is 0. The molecule has 0 spiro atoms. The number of esters is 6. The van der Waals surface area contributed by atoms with Crippen LogP contribution in [0.3, 0.4) is 0 Å². The molecule has 0 saturated carbocycles. The highest BCUT2D eigenvalue weighted by molar-refractivity contribution is 5.67. The Morgan fingerprint density at radius 1 is 0.324 bits per heavy atom. The minimum Gasteiger partial charge on any atom is -0.466 e. The average Bonchev–Trinajstić information content (AvgIpc) is 2.69. The van der Waals surface area contributed by atoms with E-state index in [1.54, 1.807) is 41.5 Å². The fourth-order valence-electron chi connectivity index (χ4n) is 1.22. The van der Waals surface area contributed by atoms with Crippen LogP contribution in [0.1, 0.15) is 83.1 Å². The van der Waals surface area contributed by atoms with Gasteiger partial charge in [-0.15, -0.1) is 0 Å². The predicted octanol–water partition coefficient (Wildman–Crippen LogP) is 2.59. The zero-order valence-electron chi connectivity index (χ0n) is 24.6. The van der Waals surface area contributed by atoms with E-state index in [2.05, 4.69) is 28.4 Å². The lowest BCUT2D eigenvalue weighted by Crippen LogP contribution is -1.95. The van der Waals surface area contributed by atoms with E-state index in [0.717, 1.165) is 0 Å². The van der Waals surface area contributed by atoms with Gasteiger partial charge in [0.05, 0.1) is 39.6 Å². The van der Waals surface area contributed by atoms with Gasteiger partial charge in [-0.3, -0.25) is 28.8 Å². The van der Waals surface area contributed by atoms with Crippen LogP contribution in [0.2, 0.25) is 0 Å². The fourth-order valence-corrected chi connectivity index (χ4v) is 1.22. The number of ether oxygens (including phenoxy) is 6. The van der Waals surface area contributed by atoms with Crippen LogP contribution in [0.4, 0.5) is 0 Å². The molecule has 0 aliphatic rings. The van der Waals surface area contributed by atoms with Crippen molar-refractivity contribution in [2.45, 2.75) is 83.1 Å². The van der Waals surface area contributed by atoms with E-state index < -0.39 is 0 Å². The molecule has 0 saturated heterocycles. The summed E-state index contributed by atoms with van der Waals surface area (Å²) in [6.07, 6.45) is 0. The highest BCUT2D eigenvalue weighted by Crippen LogP contribution is 1.72. The Hall–Kier alpha value is -3.22. The molecule has 0 radical (unpaired) electrons. The molecule has 0 bridgehead atoms. The van der Waals surface area contributed by atoms with Crippen molar-refractivity contribution >= 4 is 35.8 Å². The van der Waals surface area contributed by atoms with Gasteiger partial charge < -0.3 is 33.9 Å². The second-order valence-corrected chi connectivity index (χ2v) is 5.55. The third kappa shape index (κ3) is 142. The normalized spacial score (nSPS) is 7.46. The molecular formula is C24H50O13. The Kier molecular flexibility index (Phi) is 63.1. The number of carbonyl (C=O) groups is 6. The molecule has 13 heteroatoms. The maximum Gasteiger partial charge on any atom is 0.302 e. The van der Waals surface area contributed by atoms with Crippen molar-refractivity contribution in [3.8, 4) is 0 Å². The second kappa shape index (κ2) is 46.2. The summed E-state index contributed by atoms with van der Waals surface area (Å²) in [5.74, 6) is -1.26. The number of hydrogen-bond acceptors (Lipinski definition) is 12. The Morgan fingerprint density at radius 3 is 0.405 bits per heavy atom. The SMILES string of the molecule is CCOC(C)=O.CCOC(C)=O.CCOC(C)=O.CCOC(C)=O.CCOC(C)=O.CCOC(C)=O.O. The van der Waals surface area contributed by atoms with E-state index in [-0.39, 0.29) is 41.3 Å². The van der Waals surface area contributed by atoms with Gasteiger partial charge in [-0.05, 0) is 41.5 Å². The summed E-state index contributed by atoms with van der Waals surface area (Å²) in [4.78, 5) is 58.9. The van der Waals surface area contributed by atoms with Gasteiger partial charge in [0.2, 0.25) is 0 Å². The van der Waals surface area contributed by atoms with E-state index >= 15 is 0 Å². The van der Waals surface area contributed by atoms with Crippen LogP contribution in [-0.2, 0) is 57.2 Å². The monoisotopic (exact) mass is 546 g/mol. The molecular weight excluding hydrogens is 496 g/mol. The molecule has 224 valence electrons. The molecule has 0 aliphatic heterocycles. The van der Waals surface area contributed by atoms with E-state index in [0.29, 0.717) is 39.6 Å². The van der Waals surface area contributed by atoms with Crippen LogP contribution < -0.4 is 0 Å². The van der Waals surface area contributed by atoms with Crippen LogP contribution >= 0.6 is 0 Å². The van der Waals surface area contributed by atoms with Crippen molar-refractivity contribution in [1.29, 1.82) is 0 Å². The van der Waals surface area contributed by atoms with Gasteiger partial charge in [0.1, 0.15) is 0 Å². The summed E-state index contributed by atoms with van der Waals surface area (Å²) in [7, 11) is 0. The molecule has 0 aromatic heterocycles. The predicted molar refractivity (Wildman–Crippen MR) is 137 cm³/mol. The van der Waals surface area contributed by atoms with Crippen molar-refractivity contribution in [1.82, 2.24) is 0 Å². The van der Waals surface area contributed by atoms with Crippen molar-refractivity contribution in [2.75, 3.05) is 39.6 Å². The third-order valence-electron chi connectivity index (χ3n) is 2.09. The highest BCUT2D eigenvalue weighted by Gasteiger charge is 1.84. The van der Waals surface area contributed by atoms with E-state index in [4.69, 9.17) is 0 Å². The number of hydrogen-bond donors (Lipinski definition) is 0. The first-order chi connectivity index (χ1) is 16.6. The smallest absolute Gasteiger partial charge is 0.302 e. The molecule has 2 N–H and O–H groups in total. The van der Waals surface area contributed by atoms with E-state index in [9.17, 15) is 28.8 Å². The van der Waals surface area contributed by atoms with Gasteiger partial charge in [-0.25, -0.2) is 0 Å². The van der Waals surface area contributed by atoms with Crippen molar-refractivity contribution in [3.05, 3.63) is 0 Å². The van der Waals surface area contributed by atoms with Crippen molar-refractivity contribution in [2.24, 2.45) is 0 Å². The van der Waals surface area contributed by atoms with Crippen molar-refractivity contribution in [3.63, 3.8) is 0 Å². The lowest BCUT2D eigenvalue weighted by atomic mass is 10.8. The standard InChI is InChI=1S/6C4H8O2.H2O/c6*1-3-6-4(2)5;/h6*3H2,1-2H3;1H2. The van der Waals surface area contributed by atoms with Gasteiger partial charge in [-0.1, -0.05) is 0 Å². The van der Waals surface area contributed by atoms with Crippen LogP contribution in [0.25, 0.3) is 0 Å². The maximum atomic E-state index is 9.82. The molecule has 0 amide bonds. The van der Waals surface area contributed by atoms with Crippen LogP contribution in [-0.4, -0.2) is 80.9 Å². The Morgan fingerprint density at radius 2 is 0.405 bits per heavy atom. The molecule has 0 aromatic rings. The molecule has 0 rings (SSSR count). The van der Waals surface area contributed by atoms with Gasteiger partial charge in [0, 0.05) is 41.5 Å². The first kappa shape index (κ1) is 50.6. The zero-order valence-corrected chi connectivity index (χ0v) is 24.6. The zero-order chi connectivity index (χ0) is 29.9. The minimum absolute atomic E-state index is 0. The molecule has 0 heterocycles. The number of carbonyl (C=O) groups excluding carboxylic acids is 6. The van der Waals surface area contributed by atoms with E-state index in [1.807, 2.05) is 0 Å².